The van der Waals surface area contributed by atoms with Gasteiger partial charge in [0.25, 0.3) is 0 Å². The normalized spacial score (nSPS) is 16.6. The molecule has 3 heterocycles. The highest BCUT2D eigenvalue weighted by Crippen LogP contribution is 2.38. The third-order valence-electron chi connectivity index (χ3n) is 5.65. The smallest absolute Gasteiger partial charge is 0.322 e. The summed E-state index contributed by atoms with van der Waals surface area (Å²) >= 11 is 0. The number of benzene rings is 2. The van der Waals surface area contributed by atoms with Crippen LogP contribution in [0, 0.1) is 0 Å². The molecule has 3 aromatic rings. The molecule has 0 bridgehead atoms. The van der Waals surface area contributed by atoms with Crippen molar-refractivity contribution < 1.29 is 23.7 Å². The Morgan fingerprint density at radius 2 is 1.84 bits per heavy atom. The van der Waals surface area contributed by atoms with E-state index in [1.165, 1.54) is 0 Å². The zero-order valence-corrected chi connectivity index (χ0v) is 17.3. The molecule has 0 saturated heterocycles. The van der Waals surface area contributed by atoms with Gasteiger partial charge in [0.05, 0.1) is 20.3 Å². The maximum Gasteiger partial charge on any atom is 0.322 e. The van der Waals surface area contributed by atoms with E-state index in [0.717, 1.165) is 17.8 Å². The zero-order chi connectivity index (χ0) is 21.4. The fourth-order valence-electron chi connectivity index (χ4n) is 4.15. The van der Waals surface area contributed by atoms with Crippen LogP contribution in [0.2, 0.25) is 0 Å². The van der Waals surface area contributed by atoms with Gasteiger partial charge in [-0.05, 0) is 42.0 Å². The summed E-state index contributed by atoms with van der Waals surface area (Å²) in [5.41, 5.74) is 2.64. The summed E-state index contributed by atoms with van der Waals surface area (Å²) in [4.78, 5) is 15.2. The maximum absolute atomic E-state index is 13.3. The van der Waals surface area contributed by atoms with E-state index in [0.29, 0.717) is 35.2 Å². The summed E-state index contributed by atoms with van der Waals surface area (Å²) in [6.07, 6.45) is 2.04. The van der Waals surface area contributed by atoms with Crippen LogP contribution < -0.4 is 24.3 Å². The number of hydrogen-bond acceptors (Lipinski definition) is 5. The van der Waals surface area contributed by atoms with Gasteiger partial charge in [-0.25, -0.2) is 4.79 Å². The topological polar surface area (TPSA) is 74.2 Å². The van der Waals surface area contributed by atoms with Crippen LogP contribution >= 0.6 is 0 Å². The Bertz CT molecular complexity index is 1130. The number of aromatic nitrogens is 1. The largest absolute Gasteiger partial charge is 0.493 e. The van der Waals surface area contributed by atoms with Crippen LogP contribution in [0.25, 0.3) is 0 Å². The number of amides is 2. The third kappa shape index (κ3) is 3.39. The van der Waals surface area contributed by atoms with E-state index < -0.39 is 0 Å². The number of fused-ring (bicyclic) bond motifs is 2. The monoisotopic (exact) mass is 421 g/mol. The van der Waals surface area contributed by atoms with Crippen LogP contribution in [0.5, 0.6) is 23.0 Å². The Kier molecular flexibility index (Phi) is 4.82. The lowest BCUT2D eigenvalue weighted by Crippen LogP contribution is -2.44. The minimum atomic E-state index is -0.266. The summed E-state index contributed by atoms with van der Waals surface area (Å²) in [5, 5.41) is 3.00. The number of methoxy groups -OCH3 is 2. The molecule has 1 N–H and O–H groups in total. The predicted octanol–water partition coefficient (Wildman–Crippen LogP) is 3.87. The van der Waals surface area contributed by atoms with Crippen molar-refractivity contribution in [1.29, 1.82) is 0 Å². The number of ether oxygens (including phenoxy) is 4. The van der Waals surface area contributed by atoms with Crippen LogP contribution in [-0.2, 0) is 6.54 Å². The summed E-state index contributed by atoms with van der Waals surface area (Å²) in [6.45, 7) is 1.48. The van der Waals surface area contributed by atoms with E-state index in [1.807, 2.05) is 47.5 Å². The van der Waals surface area contributed by atoms with Gasteiger partial charge in [0.2, 0.25) is 6.79 Å². The molecule has 31 heavy (non-hydrogen) atoms. The summed E-state index contributed by atoms with van der Waals surface area (Å²) in [6, 6.07) is 14.7. The molecule has 2 aromatic carbocycles. The second kappa shape index (κ2) is 7.79. The summed E-state index contributed by atoms with van der Waals surface area (Å²) in [7, 11) is 3.21. The Morgan fingerprint density at radius 1 is 1.00 bits per heavy atom. The Hall–Kier alpha value is -3.81. The van der Waals surface area contributed by atoms with Gasteiger partial charge in [-0.3, -0.25) is 0 Å². The zero-order valence-electron chi connectivity index (χ0n) is 17.3. The van der Waals surface area contributed by atoms with Gasteiger partial charge in [-0.15, -0.1) is 0 Å². The van der Waals surface area contributed by atoms with Crippen molar-refractivity contribution in [2.75, 3.05) is 32.9 Å². The molecular formula is C23H23N3O5. The lowest BCUT2D eigenvalue weighted by atomic mass is 9.99. The first-order valence-electron chi connectivity index (χ1n) is 10.0. The van der Waals surface area contributed by atoms with Gasteiger partial charge in [-0.2, -0.15) is 0 Å². The second-order valence-corrected chi connectivity index (χ2v) is 7.33. The quantitative estimate of drug-likeness (QED) is 0.692. The number of carbonyl (C=O) groups excluding carboxylic acids is 1. The van der Waals surface area contributed by atoms with Crippen LogP contribution in [0.15, 0.2) is 54.7 Å². The van der Waals surface area contributed by atoms with E-state index in [9.17, 15) is 4.79 Å². The average Bonchev–Trinajstić information content (AvgIpc) is 3.46. The van der Waals surface area contributed by atoms with Crippen molar-refractivity contribution >= 4 is 11.7 Å². The molecule has 0 aliphatic carbocycles. The first kappa shape index (κ1) is 19.2. The Balaban J connectivity index is 1.47. The van der Waals surface area contributed by atoms with E-state index in [4.69, 9.17) is 18.9 Å². The highest BCUT2D eigenvalue weighted by Gasteiger charge is 2.33. The van der Waals surface area contributed by atoms with Crippen LogP contribution in [-0.4, -0.2) is 43.1 Å². The lowest BCUT2D eigenvalue weighted by molar-refractivity contribution is 0.174. The molecule has 160 valence electrons. The van der Waals surface area contributed by atoms with E-state index in [1.54, 1.807) is 26.4 Å². The molecule has 2 aliphatic rings. The molecule has 0 fully saturated rings. The van der Waals surface area contributed by atoms with Gasteiger partial charge in [-0.1, -0.05) is 6.07 Å². The average molecular weight is 421 g/mol. The SMILES string of the molecule is COc1ccc(C2c3cccn3CCN2C(=O)Nc2ccc3c(c2)OCO3)cc1OC. The summed E-state index contributed by atoms with van der Waals surface area (Å²) < 4.78 is 23.8. The van der Waals surface area contributed by atoms with Crippen molar-refractivity contribution in [2.45, 2.75) is 12.6 Å². The molecule has 1 atom stereocenters. The maximum atomic E-state index is 13.3. The highest BCUT2D eigenvalue weighted by atomic mass is 16.7. The molecule has 8 heteroatoms. The lowest BCUT2D eigenvalue weighted by Gasteiger charge is -2.37. The van der Waals surface area contributed by atoms with Crippen molar-refractivity contribution in [1.82, 2.24) is 9.47 Å². The second-order valence-electron chi connectivity index (χ2n) is 7.33. The third-order valence-corrected chi connectivity index (χ3v) is 5.65. The van der Waals surface area contributed by atoms with Gasteiger partial charge >= 0.3 is 6.03 Å². The van der Waals surface area contributed by atoms with Crippen molar-refractivity contribution in [3.8, 4) is 23.0 Å². The summed E-state index contributed by atoms with van der Waals surface area (Å²) in [5.74, 6) is 2.58. The molecule has 0 spiro atoms. The predicted molar refractivity (Wildman–Crippen MR) is 114 cm³/mol. The minimum absolute atomic E-state index is 0.189. The van der Waals surface area contributed by atoms with Crippen LogP contribution in [0.3, 0.4) is 0 Å². The first-order chi connectivity index (χ1) is 15.2. The van der Waals surface area contributed by atoms with Crippen molar-refractivity contribution in [3.63, 3.8) is 0 Å². The Morgan fingerprint density at radius 3 is 2.68 bits per heavy atom. The van der Waals surface area contributed by atoms with E-state index >= 15 is 0 Å². The molecular weight excluding hydrogens is 398 g/mol. The van der Waals surface area contributed by atoms with E-state index in [-0.39, 0.29) is 18.9 Å². The standard InChI is InChI=1S/C23H23N3O5/c1-28-18-7-5-15(12-20(18)29-2)22-17-4-3-9-25(17)10-11-26(22)23(27)24-16-6-8-19-21(13-16)31-14-30-19/h3-9,12-13,22H,10-11,14H2,1-2H3,(H,24,27). The number of anilines is 1. The number of carbonyl (C=O) groups is 1. The van der Waals surface area contributed by atoms with Crippen molar-refractivity contribution in [3.05, 3.63) is 66.0 Å². The number of urea groups is 1. The number of rotatable bonds is 4. The van der Waals surface area contributed by atoms with E-state index in [2.05, 4.69) is 9.88 Å². The molecule has 1 unspecified atom stereocenters. The molecule has 2 amide bonds. The number of hydrogen-bond donors (Lipinski definition) is 1. The molecule has 0 radical (unpaired) electrons. The van der Waals surface area contributed by atoms with Gasteiger partial charge < -0.3 is 33.7 Å². The fraction of sp³-hybridized carbons (Fsp3) is 0.261. The van der Waals surface area contributed by atoms with Crippen LogP contribution in [0.1, 0.15) is 17.3 Å². The minimum Gasteiger partial charge on any atom is -0.493 e. The molecule has 0 saturated carbocycles. The molecule has 2 aliphatic heterocycles. The Labute approximate surface area is 179 Å². The van der Waals surface area contributed by atoms with Crippen LogP contribution in [0.4, 0.5) is 10.5 Å². The number of nitrogens with zero attached hydrogens (tertiary/aromatic N) is 2. The van der Waals surface area contributed by atoms with Gasteiger partial charge in [0, 0.05) is 36.7 Å². The van der Waals surface area contributed by atoms with Crippen molar-refractivity contribution in [2.24, 2.45) is 0 Å². The highest BCUT2D eigenvalue weighted by molar-refractivity contribution is 5.90. The first-order valence-corrected chi connectivity index (χ1v) is 10.0. The fourth-order valence-corrected chi connectivity index (χ4v) is 4.15. The molecule has 8 nitrogen and oxygen atoms in total. The number of nitrogens with one attached hydrogen (secondary N) is 1. The van der Waals surface area contributed by atoms with Gasteiger partial charge in [0.15, 0.2) is 23.0 Å². The molecule has 1 aromatic heterocycles. The molecule has 5 rings (SSSR count). The van der Waals surface area contributed by atoms with Gasteiger partial charge in [0.1, 0.15) is 0 Å².